The molecule has 2 heterocycles. The van der Waals surface area contributed by atoms with Crippen molar-refractivity contribution in [1.82, 2.24) is 15.0 Å². The summed E-state index contributed by atoms with van der Waals surface area (Å²) < 4.78 is 1.21. The van der Waals surface area contributed by atoms with Gasteiger partial charge in [-0.1, -0.05) is 29.9 Å². The van der Waals surface area contributed by atoms with Crippen molar-refractivity contribution in [2.75, 3.05) is 0 Å². The van der Waals surface area contributed by atoms with Gasteiger partial charge >= 0.3 is 0 Å². The maximum atomic E-state index is 11.6. The van der Waals surface area contributed by atoms with Gasteiger partial charge in [-0.15, -0.1) is 0 Å². The van der Waals surface area contributed by atoms with Crippen LogP contribution in [0.2, 0.25) is 4.34 Å². The van der Waals surface area contributed by atoms with Crippen LogP contribution in [0.5, 0.6) is 0 Å². The first kappa shape index (κ1) is 12.0. The standard InChI is InChI=1S/C9H7ClIN3OS/c1-2-4-6(11)8(15)14-7(13-4)9-12-3-5(10)16-9/h3H,2H2,1H3,(H,13,14,15). The van der Waals surface area contributed by atoms with Crippen molar-refractivity contribution in [2.24, 2.45) is 0 Å². The third-order valence-corrected chi connectivity index (χ3v) is 4.18. The molecule has 0 aliphatic heterocycles. The van der Waals surface area contributed by atoms with Crippen LogP contribution in [0.1, 0.15) is 12.6 Å². The van der Waals surface area contributed by atoms with Crippen LogP contribution in [0.3, 0.4) is 0 Å². The van der Waals surface area contributed by atoms with E-state index in [0.29, 0.717) is 25.2 Å². The van der Waals surface area contributed by atoms with Crippen molar-refractivity contribution in [1.29, 1.82) is 0 Å². The molecule has 0 bridgehead atoms. The average molecular weight is 368 g/mol. The summed E-state index contributed by atoms with van der Waals surface area (Å²) in [4.78, 5) is 22.8. The van der Waals surface area contributed by atoms with E-state index in [4.69, 9.17) is 11.6 Å². The number of H-pyrrole nitrogens is 1. The first-order valence-electron chi connectivity index (χ1n) is 4.52. The first-order valence-corrected chi connectivity index (χ1v) is 6.79. The second-order valence-corrected chi connectivity index (χ2v) is 5.74. The van der Waals surface area contributed by atoms with Crippen LogP contribution in [0.4, 0.5) is 0 Å². The Hall–Kier alpha value is -0.470. The monoisotopic (exact) mass is 367 g/mol. The number of hydrogen-bond acceptors (Lipinski definition) is 4. The van der Waals surface area contributed by atoms with Crippen LogP contribution >= 0.6 is 45.5 Å². The number of aromatic amines is 1. The quantitative estimate of drug-likeness (QED) is 0.830. The zero-order valence-electron chi connectivity index (χ0n) is 8.25. The first-order chi connectivity index (χ1) is 7.61. The van der Waals surface area contributed by atoms with E-state index in [0.717, 1.165) is 5.69 Å². The summed E-state index contributed by atoms with van der Waals surface area (Å²) >= 11 is 9.08. The number of aromatic nitrogens is 3. The Labute approximate surface area is 114 Å². The van der Waals surface area contributed by atoms with Gasteiger partial charge in [0, 0.05) is 0 Å². The summed E-state index contributed by atoms with van der Waals surface area (Å²) in [7, 11) is 0. The SMILES string of the molecule is CCc1nc(-c2ncc(Cl)s2)[nH]c(=O)c1I. The molecule has 2 aromatic heterocycles. The largest absolute Gasteiger partial charge is 0.304 e. The number of halogens is 2. The van der Waals surface area contributed by atoms with E-state index in [2.05, 4.69) is 15.0 Å². The summed E-state index contributed by atoms with van der Waals surface area (Å²) in [5.41, 5.74) is 0.652. The number of nitrogens with one attached hydrogen (secondary N) is 1. The van der Waals surface area contributed by atoms with Gasteiger partial charge in [-0.25, -0.2) is 9.97 Å². The molecule has 0 saturated heterocycles. The van der Waals surface area contributed by atoms with Crippen molar-refractivity contribution >= 4 is 45.5 Å². The average Bonchev–Trinajstić information content (AvgIpc) is 2.69. The number of thiazole rings is 1. The van der Waals surface area contributed by atoms with Crippen LogP contribution in [0.15, 0.2) is 11.0 Å². The highest BCUT2D eigenvalue weighted by atomic mass is 127. The summed E-state index contributed by atoms with van der Waals surface area (Å²) in [6.45, 7) is 1.96. The molecule has 0 spiro atoms. The summed E-state index contributed by atoms with van der Waals surface area (Å²) in [6.07, 6.45) is 2.26. The van der Waals surface area contributed by atoms with Gasteiger partial charge in [-0.3, -0.25) is 4.79 Å². The molecule has 0 radical (unpaired) electrons. The zero-order valence-corrected chi connectivity index (χ0v) is 12.0. The predicted molar refractivity (Wildman–Crippen MR) is 73.1 cm³/mol. The number of nitrogens with zero attached hydrogens (tertiary/aromatic N) is 2. The van der Waals surface area contributed by atoms with Crippen molar-refractivity contribution in [3.05, 3.63) is 30.2 Å². The Kier molecular flexibility index (Phi) is 3.60. The van der Waals surface area contributed by atoms with Crippen LogP contribution in [0.25, 0.3) is 10.8 Å². The minimum atomic E-state index is -0.131. The molecule has 0 saturated carbocycles. The Balaban J connectivity index is 2.59. The fraction of sp³-hybridized carbons (Fsp3) is 0.222. The fourth-order valence-electron chi connectivity index (χ4n) is 1.20. The highest BCUT2D eigenvalue weighted by molar-refractivity contribution is 14.1. The van der Waals surface area contributed by atoms with Gasteiger partial charge in [0.1, 0.15) is 4.34 Å². The molecule has 0 unspecified atom stereocenters. The van der Waals surface area contributed by atoms with E-state index in [1.807, 2.05) is 29.5 Å². The van der Waals surface area contributed by atoms with Crippen LogP contribution in [-0.4, -0.2) is 15.0 Å². The normalized spacial score (nSPS) is 10.7. The molecule has 0 aliphatic carbocycles. The molecular weight excluding hydrogens is 361 g/mol. The topological polar surface area (TPSA) is 58.6 Å². The van der Waals surface area contributed by atoms with E-state index in [1.165, 1.54) is 11.3 Å². The molecule has 1 N–H and O–H groups in total. The van der Waals surface area contributed by atoms with Gasteiger partial charge in [-0.05, 0) is 29.0 Å². The highest BCUT2D eigenvalue weighted by Gasteiger charge is 2.11. The van der Waals surface area contributed by atoms with E-state index < -0.39 is 0 Å². The van der Waals surface area contributed by atoms with E-state index in [-0.39, 0.29) is 5.56 Å². The zero-order chi connectivity index (χ0) is 11.7. The molecule has 2 rings (SSSR count). The Morgan fingerprint density at radius 3 is 2.94 bits per heavy atom. The minimum Gasteiger partial charge on any atom is -0.304 e. The van der Waals surface area contributed by atoms with Gasteiger partial charge in [0.05, 0.1) is 15.5 Å². The molecule has 0 amide bonds. The van der Waals surface area contributed by atoms with E-state index in [9.17, 15) is 4.79 Å². The maximum Gasteiger partial charge on any atom is 0.264 e. The maximum absolute atomic E-state index is 11.6. The smallest absolute Gasteiger partial charge is 0.264 e. The molecule has 2 aromatic rings. The fourth-order valence-corrected chi connectivity index (χ4v) is 2.70. The molecule has 7 heteroatoms. The van der Waals surface area contributed by atoms with E-state index in [1.54, 1.807) is 6.20 Å². The second-order valence-electron chi connectivity index (χ2n) is 3.00. The second kappa shape index (κ2) is 4.80. The van der Waals surface area contributed by atoms with Crippen molar-refractivity contribution in [3.63, 3.8) is 0 Å². The third-order valence-electron chi connectivity index (χ3n) is 1.95. The lowest BCUT2D eigenvalue weighted by atomic mass is 10.3. The lowest BCUT2D eigenvalue weighted by Gasteiger charge is -2.01. The lowest BCUT2D eigenvalue weighted by Crippen LogP contribution is -2.15. The Morgan fingerprint density at radius 1 is 1.62 bits per heavy atom. The molecule has 16 heavy (non-hydrogen) atoms. The van der Waals surface area contributed by atoms with Gasteiger partial charge in [0.15, 0.2) is 10.8 Å². The highest BCUT2D eigenvalue weighted by Crippen LogP contribution is 2.25. The molecule has 84 valence electrons. The van der Waals surface area contributed by atoms with Gasteiger partial charge in [-0.2, -0.15) is 0 Å². The summed E-state index contributed by atoms with van der Waals surface area (Å²) in [5.74, 6) is 0.485. The van der Waals surface area contributed by atoms with E-state index >= 15 is 0 Å². The molecular formula is C9H7ClIN3OS. The van der Waals surface area contributed by atoms with Crippen molar-refractivity contribution in [3.8, 4) is 10.8 Å². The van der Waals surface area contributed by atoms with Crippen LogP contribution in [0, 0.1) is 3.57 Å². The summed E-state index contributed by atoms with van der Waals surface area (Å²) in [5, 5.41) is 0.633. The van der Waals surface area contributed by atoms with Gasteiger partial charge in [0.2, 0.25) is 0 Å². The van der Waals surface area contributed by atoms with Crippen molar-refractivity contribution < 1.29 is 0 Å². The molecule has 4 nitrogen and oxygen atoms in total. The number of rotatable bonds is 2. The predicted octanol–water partition coefficient (Wildman–Crippen LogP) is 2.71. The third kappa shape index (κ3) is 2.28. The molecule has 0 aromatic carbocycles. The Morgan fingerprint density at radius 2 is 2.38 bits per heavy atom. The molecule has 0 atom stereocenters. The minimum absolute atomic E-state index is 0.131. The number of hydrogen-bond donors (Lipinski definition) is 1. The summed E-state index contributed by atoms with van der Waals surface area (Å²) in [6, 6.07) is 0. The Bertz CT molecular complexity index is 580. The number of aryl methyl sites for hydroxylation is 1. The molecule has 0 fully saturated rings. The van der Waals surface area contributed by atoms with Crippen LogP contribution < -0.4 is 5.56 Å². The van der Waals surface area contributed by atoms with Gasteiger partial charge in [0.25, 0.3) is 5.56 Å². The van der Waals surface area contributed by atoms with Crippen molar-refractivity contribution in [2.45, 2.75) is 13.3 Å². The van der Waals surface area contributed by atoms with Crippen LogP contribution in [-0.2, 0) is 6.42 Å². The van der Waals surface area contributed by atoms with Gasteiger partial charge < -0.3 is 4.98 Å². The lowest BCUT2D eigenvalue weighted by molar-refractivity contribution is 0.966. The molecule has 0 aliphatic rings.